The van der Waals surface area contributed by atoms with E-state index in [9.17, 15) is 27.9 Å². The first-order chi connectivity index (χ1) is 18.7. The van der Waals surface area contributed by atoms with Gasteiger partial charge in [-0.15, -0.1) is 11.3 Å². The Hall–Kier alpha value is -3.58. The molecule has 2 heterocycles. The number of nitrogens with zero attached hydrogens (tertiary/aromatic N) is 3. The molecule has 0 bridgehead atoms. The average Bonchev–Trinajstić information content (AvgIpc) is 3.38. The number of hydrogen-bond donors (Lipinski definition) is 3. The molecule has 214 valence electrons. The fraction of sp³-hybridized carbons (Fsp3) is 0.444. The Bertz CT molecular complexity index is 1410. The van der Waals surface area contributed by atoms with Crippen LogP contribution in [0.1, 0.15) is 56.3 Å². The molecule has 1 aliphatic rings. The summed E-state index contributed by atoms with van der Waals surface area (Å²) in [5.41, 5.74) is -1.08. The highest BCUT2D eigenvalue weighted by molar-refractivity contribution is 7.15. The van der Waals surface area contributed by atoms with E-state index in [0.29, 0.717) is 46.0 Å². The summed E-state index contributed by atoms with van der Waals surface area (Å²) in [4.78, 5) is 36.5. The number of halogens is 3. The number of hydrogen-bond acceptors (Lipinski definition) is 9. The zero-order valence-corrected chi connectivity index (χ0v) is 23.2. The molecule has 13 heteroatoms. The van der Waals surface area contributed by atoms with E-state index in [1.807, 2.05) is 19.9 Å². The molecule has 1 amide bonds. The molecule has 1 saturated carbocycles. The Morgan fingerprint density at radius 3 is 2.62 bits per heavy atom. The van der Waals surface area contributed by atoms with Gasteiger partial charge in [-0.05, 0) is 60.1 Å². The smallest absolute Gasteiger partial charge is 0.433 e. The van der Waals surface area contributed by atoms with Crippen LogP contribution in [0.3, 0.4) is 0 Å². The van der Waals surface area contributed by atoms with Crippen molar-refractivity contribution in [3.05, 3.63) is 52.9 Å². The van der Waals surface area contributed by atoms with Crippen LogP contribution in [0.4, 0.5) is 24.8 Å². The molecule has 2 aromatic heterocycles. The van der Waals surface area contributed by atoms with Crippen molar-refractivity contribution in [3.63, 3.8) is 0 Å². The van der Waals surface area contributed by atoms with Crippen LogP contribution in [0.5, 0.6) is 0 Å². The number of carbonyl (C=O) groups excluding carboxylic acids is 2. The molecular formula is C27H30F3N5O4S. The maximum atomic E-state index is 13.1. The number of aliphatic hydroxyl groups is 1. The Kier molecular flexibility index (Phi) is 8.18. The summed E-state index contributed by atoms with van der Waals surface area (Å²) in [6.45, 7) is 5.41. The largest absolute Gasteiger partial charge is 0.469 e. The lowest BCUT2D eigenvalue weighted by Gasteiger charge is -2.44. The lowest BCUT2D eigenvalue weighted by Crippen LogP contribution is -2.45. The summed E-state index contributed by atoms with van der Waals surface area (Å²) >= 11 is 1.29. The van der Waals surface area contributed by atoms with E-state index in [4.69, 9.17) is 4.74 Å². The van der Waals surface area contributed by atoms with Gasteiger partial charge in [-0.2, -0.15) is 13.2 Å². The molecule has 1 fully saturated rings. The number of esters is 1. The standard InChI is InChI=1S/C27H30F3N5O4S/c1-15(36)32-12-16-9-17(11-18(10-16)34-24-31-8-6-21(35-24)27(28,29)30)20-13-33-23(40-20)26(38)7-5-19(22(37)39-4)25(2,3)14-26/h6,8-11,13,19,38H,5,7,12,14H2,1-4H3,(H,32,36)(H,31,34,35)/t19-,26-/m1/s1. The normalized spacial score (nSPS) is 20.6. The molecule has 1 aliphatic carbocycles. The minimum Gasteiger partial charge on any atom is -0.469 e. The van der Waals surface area contributed by atoms with Crippen LogP contribution in [0.2, 0.25) is 0 Å². The lowest BCUT2D eigenvalue weighted by atomic mass is 9.63. The van der Waals surface area contributed by atoms with Crippen molar-refractivity contribution in [2.45, 2.75) is 58.4 Å². The van der Waals surface area contributed by atoms with Gasteiger partial charge >= 0.3 is 12.1 Å². The molecule has 0 aliphatic heterocycles. The van der Waals surface area contributed by atoms with Crippen molar-refractivity contribution < 1.29 is 32.6 Å². The molecule has 0 spiro atoms. The fourth-order valence-electron chi connectivity index (χ4n) is 5.06. The van der Waals surface area contributed by atoms with Gasteiger partial charge in [-0.1, -0.05) is 13.8 Å². The van der Waals surface area contributed by atoms with Gasteiger partial charge in [0.15, 0.2) is 0 Å². The fourth-order valence-corrected chi connectivity index (χ4v) is 6.08. The number of thiazole rings is 1. The van der Waals surface area contributed by atoms with Gasteiger partial charge in [-0.25, -0.2) is 15.0 Å². The second-order valence-electron chi connectivity index (χ2n) is 10.6. The maximum absolute atomic E-state index is 13.1. The second-order valence-corrected chi connectivity index (χ2v) is 11.6. The van der Waals surface area contributed by atoms with Gasteiger partial charge in [0.05, 0.1) is 17.9 Å². The number of alkyl halides is 3. The Labute approximate surface area is 233 Å². The molecule has 2 atom stereocenters. The quantitative estimate of drug-likeness (QED) is 0.328. The summed E-state index contributed by atoms with van der Waals surface area (Å²) in [6, 6.07) is 6.00. The van der Waals surface area contributed by atoms with Crippen LogP contribution in [0.15, 0.2) is 36.7 Å². The number of amides is 1. The number of anilines is 2. The van der Waals surface area contributed by atoms with Crippen LogP contribution < -0.4 is 10.6 Å². The Morgan fingerprint density at radius 2 is 1.98 bits per heavy atom. The van der Waals surface area contributed by atoms with Gasteiger partial charge in [0.2, 0.25) is 11.9 Å². The third kappa shape index (κ3) is 6.58. The lowest BCUT2D eigenvalue weighted by molar-refractivity contribution is -0.157. The zero-order valence-electron chi connectivity index (χ0n) is 22.4. The minimum atomic E-state index is -4.62. The van der Waals surface area contributed by atoms with Crippen LogP contribution in [-0.4, -0.2) is 39.0 Å². The van der Waals surface area contributed by atoms with Gasteiger partial charge in [0, 0.05) is 31.5 Å². The van der Waals surface area contributed by atoms with E-state index in [0.717, 1.165) is 12.3 Å². The van der Waals surface area contributed by atoms with Crippen molar-refractivity contribution in [2.24, 2.45) is 11.3 Å². The first-order valence-corrected chi connectivity index (χ1v) is 13.3. The predicted molar refractivity (Wildman–Crippen MR) is 142 cm³/mol. The number of nitrogens with one attached hydrogen (secondary N) is 2. The van der Waals surface area contributed by atoms with E-state index >= 15 is 0 Å². The third-order valence-corrected chi connectivity index (χ3v) is 8.19. The second kappa shape index (κ2) is 11.1. The molecule has 3 aromatic rings. The molecule has 0 radical (unpaired) electrons. The van der Waals surface area contributed by atoms with Gasteiger partial charge in [0.25, 0.3) is 0 Å². The highest BCUT2D eigenvalue weighted by Crippen LogP contribution is 2.51. The van der Waals surface area contributed by atoms with Crippen molar-refractivity contribution >= 4 is 34.8 Å². The van der Waals surface area contributed by atoms with E-state index in [1.54, 1.807) is 18.3 Å². The van der Waals surface area contributed by atoms with Crippen molar-refractivity contribution in [1.82, 2.24) is 20.3 Å². The summed E-state index contributed by atoms with van der Waals surface area (Å²) in [7, 11) is 1.36. The number of rotatable bonds is 7. The number of carbonyl (C=O) groups is 2. The predicted octanol–water partition coefficient (Wildman–Crippen LogP) is 5.19. The first kappa shape index (κ1) is 29.4. The topological polar surface area (TPSA) is 126 Å². The Morgan fingerprint density at radius 1 is 1.23 bits per heavy atom. The molecule has 0 unspecified atom stereocenters. The van der Waals surface area contributed by atoms with E-state index in [2.05, 4.69) is 25.6 Å². The molecule has 4 rings (SSSR count). The van der Waals surface area contributed by atoms with Gasteiger partial charge in [-0.3, -0.25) is 9.59 Å². The van der Waals surface area contributed by atoms with E-state index in [-0.39, 0.29) is 30.3 Å². The van der Waals surface area contributed by atoms with Crippen LogP contribution in [-0.2, 0) is 32.6 Å². The third-order valence-electron chi connectivity index (χ3n) is 6.95. The molecule has 9 nitrogen and oxygen atoms in total. The molecule has 40 heavy (non-hydrogen) atoms. The zero-order chi connectivity index (χ0) is 29.3. The number of aromatic nitrogens is 3. The number of ether oxygens (including phenoxy) is 1. The van der Waals surface area contributed by atoms with Crippen molar-refractivity contribution in [1.29, 1.82) is 0 Å². The summed E-state index contributed by atoms with van der Waals surface area (Å²) < 4.78 is 44.4. The summed E-state index contributed by atoms with van der Waals surface area (Å²) in [6.07, 6.45) is -0.878. The highest BCUT2D eigenvalue weighted by atomic mass is 32.1. The van der Waals surface area contributed by atoms with Crippen molar-refractivity contribution in [2.75, 3.05) is 12.4 Å². The van der Waals surface area contributed by atoms with Crippen molar-refractivity contribution in [3.8, 4) is 10.4 Å². The van der Waals surface area contributed by atoms with E-state index in [1.165, 1.54) is 25.4 Å². The molecule has 0 saturated heterocycles. The Balaban J connectivity index is 1.65. The van der Waals surface area contributed by atoms with Crippen LogP contribution >= 0.6 is 11.3 Å². The average molecular weight is 578 g/mol. The summed E-state index contributed by atoms with van der Waals surface area (Å²) in [5.74, 6) is -1.11. The molecule has 1 aromatic carbocycles. The SMILES string of the molecule is COC(=O)[C@H]1CC[C@](O)(c2ncc(-c3cc(CNC(C)=O)cc(Nc4nccc(C(F)(F)F)n4)c3)s2)CC1(C)C. The van der Waals surface area contributed by atoms with Crippen LogP contribution in [0.25, 0.3) is 10.4 Å². The number of benzene rings is 1. The monoisotopic (exact) mass is 577 g/mol. The molecular weight excluding hydrogens is 547 g/mol. The van der Waals surface area contributed by atoms with Gasteiger partial charge < -0.3 is 20.5 Å². The number of methoxy groups -OCH3 is 1. The minimum absolute atomic E-state index is 0.181. The highest BCUT2D eigenvalue weighted by Gasteiger charge is 2.49. The molecule has 3 N–H and O–H groups in total. The van der Waals surface area contributed by atoms with E-state index < -0.39 is 22.9 Å². The van der Waals surface area contributed by atoms with Crippen LogP contribution in [0, 0.1) is 11.3 Å². The van der Waals surface area contributed by atoms with Gasteiger partial charge in [0.1, 0.15) is 16.3 Å². The summed E-state index contributed by atoms with van der Waals surface area (Å²) in [5, 5.41) is 17.6. The first-order valence-electron chi connectivity index (χ1n) is 12.5. The maximum Gasteiger partial charge on any atom is 0.433 e.